The van der Waals surface area contributed by atoms with Gasteiger partial charge in [-0.2, -0.15) is 0 Å². The van der Waals surface area contributed by atoms with Gasteiger partial charge in [0.25, 0.3) is 0 Å². The highest BCUT2D eigenvalue weighted by molar-refractivity contribution is 5.48. The van der Waals surface area contributed by atoms with Gasteiger partial charge in [-0.15, -0.1) is 0 Å². The smallest absolute Gasteiger partial charge is 0.231 e. The molecule has 0 bridgehead atoms. The van der Waals surface area contributed by atoms with Crippen LogP contribution < -0.4 is 14.8 Å². The molecule has 0 spiro atoms. The molecule has 1 aliphatic heterocycles. The molecule has 0 saturated carbocycles. The predicted octanol–water partition coefficient (Wildman–Crippen LogP) is 1.87. The van der Waals surface area contributed by atoms with E-state index in [0.29, 0.717) is 12.8 Å². The van der Waals surface area contributed by atoms with Crippen LogP contribution in [0.25, 0.3) is 0 Å². The van der Waals surface area contributed by atoms with Crippen molar-refractivity contribution in [1.82, 2.24) is 5.32 Å². The van der Waals surface area contributed by atoms with E-state index in [1.165, 1.54) is 11.1 Å². The zero-order valence-electron chi connectivity index (χ0n) is 9.46. The minimum atomic E-state index is 0.347. The monoisotopic (exact) mass is 206 g/mol. The topological polar surface area (TPSA) is 30.5 Å². The van der Waals surface area contributed by atoms with Crippen LogP contribution in [-0.2, 0) is 6.42 Å². The number of rotatable bonds is 3. The second-order valence-electron chi connectivity index (χ2n) is 4.03. The molecular weight excluding hydrogens is 189 g/mol. The third-order valence-electron chi connectivity index (χ3n) is 2.85. The molecule has 1 aromatic carbocycles. The standard InChI is InChI=1S/C12H17NO2/c1-8-4-11-12(15-7-14-11)6-10(8)5-9(2)13-3/h4,6,9,13H,5,7H2,1-3H3/i3-1. The zero-order chi connectivity index (χ0) is 10.8. The van der Waals surface area contributed by atoms with Gasteiger partial charge in [-0.05, 0) is 50.6 Å². The number of likely N-dealkylation sites (N-methyl/N-ethyl adjacent to an activating group) is 1. The molecule has 1 heterocycles. The van der Waals surface area contributed by atoms with Crippen molar-refractivity contribution in [1.29, 1.82) is 0 Å². The molecule has 2 rings (SSSR count). The molecule has 0 fully saturated rings. The fourth-order valence-electron chi connectivity index (χ4n) is 1.74. The number of hydrogen-bond acceptors (Lipinski definition) is 3. The largest absolute Gasteiger partial charge is 0.454 e. The summed E-state index contributed by atoms with van der Waals surface area (Å²) in [5.41, 5.74) is 2.59. The Morgan fingerprint density at radius 1 is 1.33 bits per heavy atom. The van der Waals surface area contributed by atoms with E-state index >= 15 is 0 Å². The first kappa shape index (κ1) is 10.3. The summed E-state index contributed by atoms with van der Waals surface area (Å²) in [6.45, 7) is 4.63. The van der Waals surface area contributed by atoms with Crippen molar-refractivity contribution in [2.45, 2.75) is 26.3 Å². The molecule has 3 heteroatoms. The third-order valence-corrected chi connectivity index (χ3v) is 2.85. The number of nitrogens with one attached hydrogen (secondary N) is 1. The van der Waals surface area contributed by atoms with E-state index in [0.717, 1.165) is 17.9 Å². The van der Waals surface area contributed by atoms with Gasteiger partial charge < -0.3 is 14.8 Å². The minimum absolute atomic E-state index is 0.347. The summed E-state index contributed by atoms with van der Waals surface area (Å²) in [5.74, 6) is 1.74. The van der Waals surface area contributed by atoms with Gasteiger partial charge in [0.05, 0.1) is 0 Å². The average Bonchev–Trinajstić information content (AvgIpc) is 2.65. The summed E-state index contributed by atoms with van der Waals surface area (Å²) in [6, 6.07) is 4.62. The van der Waals surface area contributed by atoms with Gasteiger partial charge in [0.1, 0.15) is 0 Å². The van der Waals surface area contributed by atoms with E-state index in [-0.39, 0.29) is 0 Å². The summed E-state index contributed by atoms with van der Waals surface area (Å²) in [5, 5.41) is 3.24. The van der Waals surface area contributed by atoms with Crippen molar-refractivity contribution in [3.63, 3.8) is 0 Å². The Balaban J connectivity index is 2.24. The van der Waals surface area contributed by atoms with E-state index < -0.39 is 0 Å². The van der Waals surface area contributed by atoms with Gasteiger partial charge in [0, 0.05) is 6.04 Å². The van der Waals surface area contributed by atoms with Gasteiger partial charge in [0.15, 0.2) is 11.5 Å². The molecular formula is C12H17NO2. The molecule has 1 unspecified atom stereocenters. The lowest BCUT2D eigenvalue weighted by Crippen LogP contribution is -2.23. The van der Waals surface area contributed by atoms with Gasteiger partial charge in [-0.1, -0.05) is 0 Å². The van der Waals surface area contributed by atoms with E-state index in [4.69, 9.17) is 9.47 Å². The van der Waals surface area contributed by atoms with E-state index in [9.17, 15) is 0 Å². The molecule has 0 aromatic heterocycles. The first-order valence-corrected chi connectivity index (χ1v) is 5.27. The van der Waals surface area contributed by atoms with Crippen LogP contribution >= 0.6 is 0 Å². The molecule has 0 saturated heterocycles. The quantitative estimate of drug-likeness (QED) is 0.819. The average molecular weight is 206 g/mol. The summed E-state index contributed by atoms with van der Waals surface area (Å²) < 4.78 is 10.7. The van der Waals surface area contributed by atoms with Crippen molar-refractivity contribution >= 4 is 0 Å². The Kier molecular flexibility index (Phi) is 2.82. The maximum absolute atomic E-state index is 5.37. The van der Waals surface area contributed by atoms with Gasteiger partial charge in [0.2, 0.25) is 6.79 Å². The van der Waals surface area contributed by atoms with Gasteiger partial charge in [-0.25, -0.2) is 0 Å². The number of ether oxygens (including phenoxy) is 2. The molecule has 15 heavy (non-hydrogen) atoms. The summed E-state index contributed by atoms with van der Waals surface area (Å²) in [4.78, 5) is 0. The van der Waals surface area contributed by atoms with Crippen molar-refractivity contribution in [3.8, 4) is 11.5 Å². The number of aryl methyl sites for hydroxylation is 1. The van der Waals surface area contributed by atoms with Crippen molar-refractivity contribution in [2.24, 2.45) is 0 Å². The van der Waals surface area contributed by atoms with E-state index in [1.807, 2.05) is 7.05 Å². The van der Waals surface area contributed by atoms with E-state index in [2.05, 4.69) is 31.3 Å². The number of hydrogen-bond donors (Lipinski definition) is 1. The Hall–Kier alpha value is -1.22. The Morgan fingerprint density at radius 3 is 2.67 bits per heavy atom. The summed E-state index contributed by atoms with van der Waals surface area (Å²) in [7, 11) is 1.98. The normalized spacial score (nSPS) is 15.4. The Labute approximate surface area is 90.4 Å². The maximum atomic E-state index is 5.37. The highest BCUT2D eigenvalue weighted by atomic mass is 16.7. The lowest BCUT2D eigenvalue weighted by Gasteiger charge is -2.12. The number of benzene rings is 1. The number of fused-ring (bicyclic) bond motifs is 1. The minimum Gasteiger partial charge on any atom is -0.454 e. The first-order chi connectivity index (χ1) is 7.20. The van der Waals surface area contributed by atoms with Crippen LogP contribution in [0.5, 0.6) is 11.5 Å². The van der Waals surface area contributed by atoms with Crippen LogP contribution in [0.2, 0.25) is 0 Å². The molecule has 1 N–H and O–H groups in total. The maximum Gasteiger partial charge on any atom is 0.231 e. The van der Waals surface area contributed by atoms with Crippen molar-refractivity contribution in [3.05, 3.63) is 23.3 Å². The summed E-state index contributed by atoms with van der Waals surface area (Å²) >= 11 is 0. The molecule has 0 amide bonds. The highest BCUT2D eigenvalue weighted by Gasteiger charge is 2.16. The van der Waals surface area contributed by atoms with Crippen molar-refractivity contribution < 1.29 is 9.47 Å². The molecule has 82 valence electrons. The summed E-state index contributed by atoms with van der Waals surface area (Å²) in [6.07, 6.45) is 1.01. The highest BCUT2D eigenvalue weighted by Crippen LogP contribution is 2.34. The molecule has 3 nitrogen and oxygen atoms in total. The van der Waals surface area contributed by atoms with Crippen LogP contribution in [0.4, 0.5) is 0 Å². The fourth-order valence-corrected chi connectivity index (χ4v) is 1.74. The van der Waals surface area contributed by atoms with Crippen LogP contribution in [-0.4, -0.2) is 19.9 Å². The molecule has 1 aromatic rings. The van der Waals surface area contributed by atoms with Crippen LogP contribution in [0.3, 0.4) is 0 Å². The van der Waals surface area contributed by atoms with Crippen LogP contribution in [0.1, 0.15) is 18.1 Å². The Bertz CT molecular complexity index is 363. The SMILES string of the molecule is Cc1cc2c(cc1CC(C)N[11CH3])OCO2. The zero-order valence-corrected chi connectivity index (χ0v) is 9.46. The molecule has 0 radical (unpaired) electrons. The van der Waals surface area contributed by atoms with Crippen LogP contribution in [0.15, 0.2) is 12.1 Å². The van der Waals surface area contributed by atoms with Crippen LogP contribution in [0, 0.1) is 6.92 Å². The molecule has 1 atom stereocenters. The lowest BCUT2D eigenvalue weighted by atomic mass is 10.0. The second kappa shape index (κ2) is 4.11. The predicted molar refractivity (Wildman–Crippen MR) is 59.5 cm³/mol. The molecule has 0 aliphatic carbocycles. The molecule has 1 aliphatic rings. The Morgan fingerprint density at radius 2 is 2.00 bits per heavy atom. The third kappa shape index (κ3) is 2.07. The van der Waals surface area contributed by atoms with Gasteiger partial charge in [-0.3, -0.25) is 0 Å². The first-order valence-electron chi connectivity index (χ1n) is 5.27. The second-order valence-corrected chi connectivity index (χ2v) is 4.03. The lowest BCUT2D eigenvalue weighted by molar-refractivity contribution is 0.174. The van der Waals surface area contributed by atoms with E-state index in [1.54, 1.807) is 0 Å². The fraction of sp³-hybridized carbons (Fsp3) is 0.500. The van der Waals surface area contributed by atoms with Gasteiger partial charge >= 0.3 is 0 Å². The van der Waals surface area contributed by atoms with Crippen molar-refractivity contribution in [2.75, 3.05) is 13.8 Å².